The van der Waals surface area contributed by atoms with Crippen LogP contribution in [0.4, 0.5) is 5.69 Å². The van der Waals surface area contributed by atoms with Crippen LogP contribution in [0.15, 0.2) is 30.9 Å². The number of hydrogen-bond acceptors (Lipinski definition) is 5. The number of carboxylic acid groups (broad SMARTS) is 1. The number of hydrogen-bond donors (Lipinski definition) is 2. The van der Waals surface area contributed by atoms with E-state index in [4.69, 9.17) is 9.84 Å². The Balaban J connectivity index is 2.10. The van der Waals surface area contributed by atoms with Crippen LogP contribution < -0.4 is 10.1 Å². The number of nitrogens with one attached hydrogen (secondary N) is 1. The van der Waals surface area contributed by atoms with E-state index in [1.807, 2.05) is 13.8 Å². The number of amides is 1. The molecular weight excluding hydrogens is 300 g/mol. The summed E-state index contributed by atoms with van der Waals surface area (Å²) in [6, 6.07) is 4.36. The molecule has 23 heavy (non-hydrogen) atoms. The Morgan fingerprint density at radius 1 is 1.39 bits per heavy atom. The molecule has 1 heterocycles. The van der Waals surface area contributed by atoms with Crippen LogP contribution in [0.5, 0.6) is 5.75 Å². The fraction of sp³-hybridized carbons (Fsp3) is 0.333. The minimum absolute atomic E-state index is 0.0766. The van der Waals surface area contributed by atoms with Gasteiger partial charge in [0.25, 0.3) is 0 Å². The summed E-state index contributed by atoms with van der Waals surface area (Å²) in [5.41, 5.74) is 0.412. The Hall–Kier alpha value is -2.90. The lowest BCUT2D eigenvalue weighted by Gasteiger charge is -2.15. The van der Waals surface area contributed by atoms with Gasteiger partial charge < -0.3 is 15.2 Å². The van der Waals surface area contributed by atoms with Crippen molar-refractivity contribution in [1.82, 2.24) is 14.8 Å². The first-order valence-electron chi connectivity index (χ1n) is 7.12. The van der Waals surface area contributed by atoms with E-state index in [0.717, 1.165) is 0 Å². The number of anilines is 1. The van der Waals surface area contributed by atoms with Crippen molar-refractivity contribution in [1.29, 1.82) is 0 Å². The van der Waals surface area contributed by atoms with E-state index >= 15 is 0 Å². The van der Waals surface area contributed by atoms with Crippen LogP contribution in [0, 0.1) is 0 Å². The standard InChI is InChI=1S/C15H18N4O4/c1-10(2)23-13-4-3-11(15(21)22)7-12(13)18-14(20)5-6-19-9-16-8-17-19/h3-4,7-10H,5-6H2,1-2H3,(H,18,20)(H,21,22). The number of ether oxygens (including phenoxy) is 1. The Morgan fingerprint density at radius 3 is 2.78 bits per heavy atom. The molecule has 8 heteroatoms. The number of carbonyl (C=O) groups excluding carboxylic acids is 1. The van der Waals surface area contributed by atoms with Crippen LogP contribution in [-0.4, -0.2) is 37.9 Å². The fourth-order valence-corrected chi connectivity index (χ4v) is 1.89. The van der Waals surface area contributed by atoms with E-state index in [1.54, 1.807) is 4.68 Å². The lowest BCUT2D eigenvalue weighted by molar-refractivity contribution is -0.116. The molecule has 0 spiro atoms. The van der Waals surface area contributed by atoms with Gasteiger partial charge in [-0.15, -0.1) is 0 Å². The predicted octanol–water partition coefficient (Wildman–Crippen LogP) is 1.79. The number of nitrogens with zero attached hydrogens (tertiary/aromatic N) is 3. The molecule has 0 bridgehead atoms. The molecular formula is C15H18N4O4. The largest absolute Gasteiger partial charge is 0.489 e. The number of aryl methyl sites for hydroxylation is 1. The molecule has 0 radical (unpaired) electrons. The first kappa shape index (κ1) is 16.5. The summed E-state index contributed by atoms with van der Waals surface area (Å²) in [5, 5.41) is 15.7. The van der Waals surface area contributed by atoms with E-state index in [2.05, 4.69) is 15.4 Å². The Morgan fingerprint density at radius 2 is 2.17 bits per heavy atom. The van der Waals surface area contributed by atoms with Gasteiger partial charge >= 0.3 is 5.97 Å². The van der Waals surface area contributed by atoms with Gasteiger partial charge in [-0.3, -0.25) is 9.48 Å². The third-order valence-electron chi connectivity index (χ3n) is 2.90. The van der Waals surface area contributed by atoms with Crippen LogP contribution >= 0.6 is 0 Å². The van der Waals surface area contributed by atoms with E-state index in [9.17, 15) is 9.59 Å². The molecule has 0 aliphatic rings. The highest BCUT2D eigenvalue weighted by Gasteiger charge is 2.13. The Kier molecular flexibility index (Phi) is 5.29. The topological polar surface area (TPSA) is 106 Å². The first-order chi connectivity index (χ1) is 11.0. The number of aromatic nitrogens is 3. The number of benzene rings is 1. The predicted molar refractivity (Wildman–Crippen MR) is 82.4 cm³/mol. The highest BCUT2D eigenvalue weighted by atomic mass is 16.5. The zero-order valence-corrected chi connectivity index (χ0v) is 12.9. The number of carbonyl (C=O) groups is 2. The molecule has 0 saturated carbocycles. The van der Waals surface area contributed by atoms with Gasteiger partial charge in [-0.1, -0.05) is 0 Å². The zero-order valence-electron chi connectivity index (χ0n) is 12.9. The molecule has 0 atom stereocenters. The monoisotopic (exact) mass is 318 g/mol. The highest BCUT2D eigenvalue weighted by molar-refractivity contribution is 5.95. The maximum absolute atomic E-state index is 12.1. The van der Waals surface area contributed by atoms with Gasteiger partial charge in [-0.25, -0.2) is 9.78 Å². The van der Waals surface area contributed by atoms with E-state index in [1.165, 1.54) is 30.9 Å². The summed E-state index contributed by atoms with van der Waals surface area (Å²) in [4.78, 5) is 26.9. The molecule has 1 amide bonds. The molecule has 8 nitrogen and oxygen atoms in total. The molecule has 0 aliphatic carbocycles. The summed E-state index contributed by atoms with van der Waals surface area (Å²) in [6.45, 7) is 4.08. The van der Waals surface area contributed by atoms with E-state index in [-0.39, 0.29) is 24.0 Å². The fourth-order valence-electron chi connectivity index (χ4n) is 1.89. The normalized spacial score (nSPS) is 10.6. The van der Waals surface area contributed by atoms with Crippen molar-refractivity contribution in [3.05, 3.63) is 36.4 Å². The molecule has 1 aromatic carbocycles. The number of rotatable bonds is 7. The van der Waals surface area contributed by atoms with Crippen LogP contribution in [0.1, 0.15) is 30.6 Å². The second kappa shape index (κ2) is 7.39. The molecule has 1 aromatic heterocycles. The van der Waals surface area contributed by atoms with E-state index < -0.39 is 5.97 Å². The molecule has 0 fully saturated rings. The molecule has 2 rings (SSSR count). The van der Waals surface area contributed by atoms with Gasteiger partial charge in [0.05, 0.1) is 23.9 Å². The van der Waals surface area contributed by atoms with Crippen LogP contribution in [-0.2, 0) is 11.3 Å². The van der Waals surface area contributed by atoms with Gasteiger partial charge in [-0.2, -0.15) is 5.10 Å². The number of aromatic carboxylic acids is 1. The maximum atomic E-state index is 12.1. The molecule has 0 aliphatic heterocycles. The highest BCUT2D eigenvalue weighted by Crippen LogP contribution is 2.27. The third kappa shape index (κ3) is 4.80. The van der Waals surface area contributed by atoms with Crippen molar-refractivity contribution in [2.75, 3.05) is 5.32 Å². The van der Waals surface area contributed by atoms with Crippen molar-refractivity contribution in [2.45, 2.75) is 32.9 Å². The SMILES string of the molecule is CC(C)Oc1ccc(C(=O)O)cc1NC(=O)CCn1cncn1. The van der Waals surface area contributed by atoms with Gasteiger partial charge in [-0.05, 0) is 32.0 Å². The average molecular weight is 318 g/mol. The second-order valence-corrected chi connectivity index (χ2v) is 5.14. The van der Waals surface area contributed by atoms with Crippen molar-refractivity contribution in [2.24, 2.45) is 0 Å². The van der Waals surface area contributed by atoms with Gasteiger partial charge in [0, 0.05) is 6.42 Å². The van der Waals surface area contributed by atoms with E-state index in [0.29, 0.717) is 18.0 Å². The molecule has 122 valence electrons. The molecule has 2 N–H and O–H groups in total. The van der Waals surface area contributed by atoms with Gasteiger partial charge in [0.1, 0.15) is 18.4 Å². The first-order valence-corrected chi connectivity index (χ1v) is 7.12. The molecule has 2 aromatic rings. The second-order valence-electron chi connectivity index (χ2n) is 5.14. The average Bonchev–Trinajstić information content (AvgIpc) is 2.99. The van der Waals surface area contributed by atoms with Crippen LogP contribution in [0.25, 0.3) is 0 Å². The lowest BCUT2D eigenvalue weighted by Crippen LogP contribution is -2.17. The minimum Gasteiger partial charge on any atom is -0.489 e. The molecule has 0 saturated heterocycles. The molecule has 0 unspecified atom stereocenters. The summed E-state index contributed by atoms with van der Waals surface area (Å²) in [5.74, 6) is -0.907. The quantitative estimate of drug-likeness (QED) is 0.806. The lowest BCUT2D eigenvalue weighted by atomic mass is 10.2. The third-order valence-corrected chi connectivity index (χ3v) is 2.90. The summed E-state index contributed by atoms with van der Waals surface area (Å²) in [7, 11) is 0. The summed E-state index contributed by atoms with van der Waals surface area (Å²) >= 11 is 0. The Bertz CT molecular complexity index is 683. The van der Waals surface area contributed by atoms with Crippen LogP contribution in [0.2, 0.25) is 0 Å². The zero-order chi connectivity index (χ0) is 16.8. The van der Waals surface area contributed by atoms with Gasteiger partial charge in [0.2, 0.25) is 5.91 Å². The van der Waals surface area contributed by atoms with Crippen molar-refractivity contribution in [3.63, 3.8) is 0 Å². The number of carboxylic acids is 1. The Labute approximate surface area is 133 Å². The smallest absolute Gasteiger partial charge is 0.335 e. The minimum atomic E-state index is -1.07. The maximum Gasteiger partial charge on any atom is 0.335 e. The van der Waals surface area contributed by atoms with Crippen molar-refractivity contribution < 1.29 is 19.4 Å². The van der Waals surface area contributed by atoms with Crippen LogP contribution in [0.3, 0.4) is 0 Å². The van der Waals surface area contributed by atoms with Gasteiger partial charge in [0.15, 0.2) is 0 Å². The summed E-state index contributed by atoms with van der Waals surface area (Å²) < 4.78 is 7.14. The van der Waals surface area contributed by atoms with Crippen molar-refractivity contribution in [3.8, 4) is 5.75 Å². The summed E-state index contributed by atoms with van der Waals surface area (Å²) in [6.07, 6.45) is 2.99. The van der Waals surface area contributed by atoms with Crippen molar-refractivity contribution >= 4 is 17.6 Å².